The van der Waals surface area contributed by atoms with Crippen molar-refractivity contribution in [2.24, 2.45) is 4.99 Å². The first-order chi connectivity index (χ1) is 8.94. The van der Waals surface area contributed by atoms with Crippen LogP contribution < -0.4 is 0 Å². The number of halogens is 4. The number of aliphatic imine (C=N–C) groups is 1. The van der Waals surface area contributed by atoms with Gasteiger partial charge in [0.05, 0.1) is 5.75 Å². The summed E-state index contributed by atoms with van der Waals surface area (Å²) in [6.07, 6.45) is -0.294. The Bertz CT molecular complexity index is 626. The van der Waals surface area contributed by atoms with Crippen molar-refractivity contribution in [2.45, 2.75) is 17.9 Å². The van der Waals surface area contributed by atoms with Crippen molar-refractivity contribution >= 4 is 31.6 Å². The fourth-order valence-electron chi connectivity index (χ4n) is 2.01. The molecule has 2 aliphatic heterocycles. The molecule has 5 nitrogen and oxygen atoms in total. The predicted molar refractivity (Wildman–Crippen MR) is 69.9 cm³/mol. The molecule has 2 atom stereocenters. The molecule has 10 heteroatoms. The number of nitrogens with zero attached hydrogens (tertiary/aromatic N) is 2. The number of amidine groups is 1. The van der Waals surface area contributed by atoms with Crippen LogP contribution in [0.5, 0.6) is 0 Å². The van der Waals surface area contributed by atoms with Gasteiger partial charge >= 0.3 is 6.18 Å². The standard InChI is InChI=1S/C10H10BrF3N2O3S/c1-20(18,19)5-7-9(17,10(12,13)14)15-8-3-2-6(11)4-16(7)8/h2-4,7,17H,5H2,1H3/t7-,9-/m0/s1. The topological polar surface area (TPSA) is 70.0 Å². The molecule has 2 rings (SSSR count). The minimum absolute atomic E-state index is 0.137. The van der Waals surface area contributed by atoms with E-state index in [1.54, 1.807) is 0 Å². The molecule has 0 aliphatic carbocycles. The zero-order chi connectivity index (χ0) is 15.3. The summed E-state index contributed by atoms with van der Waals surface area (Å²) in [5, 5.41) is 9.87. The fourth-order valence-corrected chi connectivity index (χ4v) is 3.32. The number of rotatable bonds is 2. The molecule has 0 radical (unpaired) electrons. The summed E-state index contributed by atoms with van der Waals surface area (Å²) < 4.78 is 62.4. The first-order valence-electron chi connectivity index (χ1n) is 5.34. The number of fused-ring (bicyclic) bond motifs is 1. The van der Waals surface area contributed by atoms with E-state index >= 15 is 0 Å². The molecule has 0 fully saturated rings. The molecular weight excluding hydrogens is 365 g/mol. The molecule has 0 aromatic rings. The van der Waals surface area contributed by atoms with E-state index in [1.807, 2.05) is 0 Å². The lowest BCUT2D eigenvalue weighted by molar-refractivity contribution is -0.264. The summed E-state index contributed by atoms with van der Waals surface area (Å²) in [4.78, 5) is 4.28. The first-order valence-corrected chi connectivity index (χ1v) is 8.20. The molecule has 20 heavy (non-hydrogen) atoms. The van der Waals surface area contributed by atoms with Crippen molar-refractivity contribution < 1.29 is 26.7 Å². The van der Waals surface area contributed by atoms with Gasteiger partial charge in [0, 0.05) is 16.9 Å². The maximum absolute atomic E-state index is 13.1. The average molecular weight is 375 g/mol. The highest BCUT2D eigenvalue weighted by Crippen LogP contribution is 2.42. The summed E-state index contributed by atoms with van der Waals surface area (Å²) in [6, 6.07) is -1.76. The number of aliphatic hydroxyl groups is 1. The lowest BCUT2D eigenvalue weighted by Crippen LogP contribution is -2.57. The van der Waals surface area contributed by atoms with Crippen LogP contribution in [0, 0.1) is 0 Å². The van der Waals surface area contributed by atoms with E-state index in [9.17, 15) is 26.7 Å². The second-order valence-electron chi connectivity index (χ2n) is 4.56. The van der Waals surface area contributed by atoms with Crippen LogP contribution in [0.2, 0.25) is 0 Å². The van der Waals surface area contributed by atoms with Gasteiger partial charge < -0.3 is 10.0 Å². The fraction of sp³-hybridized carbons (Fsp3) is 0.500. The van der Waals surface area contributed by atoms with Gasteiger partial charge in [0.25, 0.3) is 5.72 Å². The summed E-state index contributed by atoms with van der Waals surface area (Å²) in [5.41, 5.74) is -3.45. The Labute approximate surface area is 121 Å². The quantitative estimate of drug-likeness (QED) is 0.787. The Morgan fingerprint density at radius 2 is 2.10 bits per heavy atom. The molecule has 1 N–H and O–H groups in total. The van der Waals surface area contributed by atoms with Gasteiger partial charge in [0.1, 0.15) is 21.7 Å². The number of allylic oxidation sites excluding steroid dienone is 2. The highest BCUT2D eigenvalue weighted by Gasteiger charge is 2.64. The van der Waals surface area contributed by atoms with Gasteiger partial charge in [-0.25, -0.2) is 13.4 Å². The van der Waals surface area contributed by atoms with Gasteiger partial charge in [-0.3, -0.25) is 0 Å². The van der Waals surface area contributed by atoms with E-state index in [-0.39, 0.29) is 5.84 Å². The van der Waals surface area contributed by atoms with Gasteiger partial charge in [-0.05, 0) is 28.1 Å². The molecule has 0 bridgehead atoms. The Morgan fingerprint density at radius 1 is 1.50 bits per heavy atom. The monoisotopic (exact) mass is 374 g/mol. The molecular formula is C10H10BrF3N2O3S. The smallest absolute Gasteiger partial charge is 0.360 e. The number of hydrogen-bond acceptors (Lipinski definition) is 5. The molecule has 0 aromatic carbocycles. The number of hydrogen-bond donors (Lipinski definition) is 1. The van der Waals surface area contributed by atoms with Gasteiger partial charge in [0.15, 0.2) is 0 Å². The Kier molecular flexibility index (Phi) is 3.54. The third kappa shape index (κ3) is 2.63. The third-order valence-electron chi connectivity index (χ3n) is 2.88. The van der Waals surface area contributed by atoms with E-state index < -0.39 is 33.5 Å². The second kappa shape index (κ2) is 4.57. The predicted octanol–water partition coefficient (Wildman–Crippen LogP) is 1.17. The highest BCUT2D eigenvalue weighted by molar-refractivity contribution is 9.11. The van der Waals surface area contributed by atoms with Crippen LogP contribution in [0.25, 0.3) is 0 Å². The molecule has 0 amide bonds. The normalized spacial score (nSPS) is 30.1. The number of sulfone groups is 1. The minimum atomic E-state index is -5.08. The van der Waals surface area contributed by atoms with Crippen LogP contribution in [-0.2, 0) is 9.84 Å². The summed E-state index contributed by atoms with van der Waals surface area (Å²) in [5.74, 6) is -1.01. The Morgan fingerprint density at radius 3 is 2.60 bits per heavy atom. The lowest BCUT2D eigenvalue weighted by atomic mass is 10.1. The van der Waals surface area contributed by atoms with Crippen LogP contribution in [-0.4, -0.2) is 54.2 Å². The SMILES string of the molecule is CS(=O)(=O)C[C@@H]1N2C=C(Br)C=CC2=N[C@@]1(O)C(F)(F)F. The highest BCUT2D eigenvalue weighted by atomic mass is 79.9. The van der Waals surface area contributed by atoms with Gasteiger partial charge in [-0.1, -0.05) is 0 Å². The largest absolute Gasteiger partial charge is 0.440 e. The molecule has 112 valence electrons. The van der Waals surface area contributed by atoms with E-state index in [0.717, 1.165) is 11.2 Å². The van der Waals surface area contributed by atoms with E-state index in [0.29, 0.717) is 4.48 Å². The molecule has 2 heterocycles. The van der Waals surface area contributed by atoms with Crippen LogP contribution >= 0.6 is 15.9 Å². The lowest BCUT2D eigenvalue weighted by Gasteiger charge is -2.33. The van der Waals surface area contributed by atoms with Crippen molar-refractivity contribution in [1.82, 2.24) is 4.90 Å². The summed E-state index contributed by atoms with van der Waals surface area (Å²) in [7, 11) is -3.75. The van der Waals surface area contributed by atoms with Crippen molar-refractivity contribution in [3.63, 3.8) is 0 Å². The minimum Gasteiger partial charge on any atom is -0.360 e. The second-order valence-corrected chi connectivity index (χ2v) is 7.66. The molecule has 0 spiro atoms. The summed E-state index contributed by atoms with van der Waals surface area (Å²) in [6.45, 7) is 0. The van der Waals surface area contributed by atoms with Crippen molar-refractivity contribution in [3.05, 3.63) is 22.8 Å². The maximum atomic E-state index is 13.1. The van der Waals surface area contributed by atoms with Crippen molar-refractivity contribution in [3.8, 4) is 0 Å². The molecule has 0 saturated heterocycles. The Balaban J connectivity index is 2.52. The van der Waals surface area contributed by atoms with Crippen LogP contribution in [0.3, 0.4) is 0 Å². The van der Waals surface area contributed by atoms with Crippen molar-refractivity contribution in [2.75, 3.05) is 12.0 Å². The number of alkyl halides is 3. The van der Waals surface area contributed by atoms with E-state index in [1.165, 1.54) is 18.4 Å². The molecule has 0 aromatic heterocycles. The van der Waals surface area contributed by atoms with E-state index in [2.05, 4.69) is 20.9 Å². The zero-order valence-corrected chi connectivity index (χ0v) is 12.5. The van der Waals surface area contributed by atoms with Gasteiger partial charge in [-0.2, -0.15) is 13.2 Å². The van der Waals surface area contributed by atoms with Crippen LogP contribution in [0.4, 0.5) is 13.2 Å². The molecule has 0 unspecified atom stereocenters. The van der Waals surface area contributed by atoms with Crippen LogP contribution in [0.15, 0.2) is 27.8 Å². The molecule has 2 aliphatic rings. The van der Waals surface area contributed by atoms with Crippen molar-refractivity contribution in [1.29, 1.82) is 0 Å². The van der Waals surface area contributed by atoms with E-state index in [4.69, 9.17) is 0 Å². The van der Waals surface area contributed by atoms with Gasteiger partial charge in [0.2, 0.25) is 0 Å². The average Bonchev–Trinajstić information content (AvgIpc) is 2.51. The van der Waals surface area contributed by atoms with Gasteiger partial charge in [-0.15, -0.1) is 0 Å². The first kappa shape index (κ1) is 15.5. The Hall–Kier alpha value is -0.870. The third-order valence-corrected chi connectivity index (χ3v) is 4.27. The molecule has 0 saturated carbocycles. The summed E-state index contributed by atoms with van der Waals surface area (Å²) >= 11 is 3.09. The maximum Gasteiger partial charge on any atom is 0.440 e. The zero-order valence-electron chi connectivity index (χ0n) is 10.1. The van der Waals surface area contributed by atoms with Crippen LogP contribution in [0.1, 0.15) is 0 Å².